The average Bonchev–Trinajstić information content (AvgIpc) is 3.38. The van der Waals surface area contributed by atoms with Crippen LogP contribution in [0.1, 0.15) is 40.8 Å². The van der Waals surface area contributed by atoms with E-state index in [1.165, 1.54) is 0 Å². The lowest BCUT2D eigenvalue weighted by molar-refractivity contribution is 0.0697. The van der Waals surface area contributed by atoms with Gasteiger partial charge in [-0.1, -0.05) is 18.2 Å². The highest BCUT2D eigenvalue weighted by Gasteiger charge is 2.29. The van der Waals surface area contributed by atoms with E-state index in [1.807, 2.05) is 31.3 Å². The van der Waals surface area contributed by atoms with E-state index >= 15 is 0 Å². The number of furan rings is 1. The lowest BCUT2D eigenvalue weighted by Crippen LogP contribution is -2.24. The van der Waals surface area contributed by atoms with E-state index in [-0.39, 0.29) is 11.6 Å². The number of aromatic carboxylic acids is 1. The van der Waals surface area contributed by atoms with Crippen molar-refractivity contribution < 1.29 is 14.3 Å². The van der Waals surface area contributed by atoms with Gasteiger partial charge in [0.25, 0.3) is 0 Å². The van der Waals surface area contributed by atoms with Gasteiger partial charge in [0.2, 0.25) is 0 Å². The van der Waals surface area contributed by atoms with E-state index in [0.29, 0.717) is 17.9 Å². The molecule has 1 fully saturated rings. The number of hydrogen-bond donors (Lipinski definition) is 2. The average molecular weight is 378 g/mol. The van der Waals surface area contributed by atoms with Gasteiger partial charge in [-0.3, -0.25) is 4.90 Å². The summed E-state index contributed by atoms with van der Waals surface area (Å²) in [5, 5.41) is 12.5. The fourth-order valence-corrected chi connectivity index (χ4v) is 3.67. The largest absolute Gasteiger partial charge is 0.478 e. The maximum Gasteiger partial charge on any atom is 0.336 e. The van der Waals surface area contributed by atoms with Gasteiger partial charge in [-0.05, 0) is 43.7 Å². The van der Waals surface area contributed by atoms with Crippen LogP contribution in [0.15, 0.2) is 53.1 Å². The van der Waals surface area contributed by atoms with Gasteiger partial charge in [0.1, 0.15) is 23.2 Å². The minimum absolute atomic E-state index is 0.146. The summed E-state index contributed by atoms with van der Waals surface area (Å²) in [5.41, 5.74) is 0.823. The smallest absolute Gasteiger partial charge is 0.336 e. The topological polar surface area (TPSA) is 91.5 Å². The zero-order valence-electron chi connectivity index (χ0n) is 15.6. The van der Waals surface area contributed by atoms with Crippen molar-refractivity contribution in [3.63, 3.8) is 0 Å². The molecule has 7 nitrogen and oxygen atoms in total. The maximum absolute atomic E-state index is 11.5. The number of carbonyl (C=O) groups is 1. The lowest BCUT2D eigenvalue weighted by atomic mass is 10.1. The van der Waals surface area contributed by atoms with Gasteiger partial charge in [0.05, 0.1) is 18.2 Å². The Labute approximate surface area is 163 Å². The van der Waals surface area contributed by atoms with Crippen LogP contribution in [-0.2, 0) is 6.54 Å². The van der Waals surface area contributed by atoms with Crippen LogP contribution in [0, 0.1) is 0 Å². The molecule has 2 N–H and O–H groups in total. The normalized spacial score (nSPS) is 17.0. The quantitative estimate of drug-likeness (QED) is 0.674. The standard InChI is InChI=1S/C21H22N4O3/c1-22-19-10-11-23-20(24-19)17-7-4-12-25(17)13-14-8-9-18(28-14)15-5-2-3-6-16(15)21(26)27/h2-3,5-6,8-11,17H,4,7,12-13H2,1H3,(H,26,27)(H,22,23,24). The maximum atomic E-state index is 11.5. The van der Waals surface area contributed by atoms with Crippen LogP contribution in [0.5, 0.6) is 0 Å². The molecule has 2 aromatic heterocycles. The summed E-state index contributed by atoms with van der Waals surface area (Å²) < 4.78 is 5.99. The van der Waals surface area contributed by atoms with Crippen LogP contribution in [0.25, 0.3) is 11.3 Å². The first-order valence-corrected chi connectivity index (χ1v) is 9.32. The molecule has 144 valence electrons. The van der Waals surface area contributed by atoms with Crippen LogP contribution < -0.4 is 5.32 Å². The molecule has 0 aliphatic carbocycles. The molecule has 0 saturated carbocycles. The Morgan fingerprint density at radius 3 is 2.96 bits per heavy atom. The fourth-order valence-electron chi connectivity index (χ4n) is 3.67. The van der Waals surface area contributed by atoms with Gasteiger partial charge in [0.15, 0.2) is 0 Å². The SMILES string of the molecule is CNc1ccnc(C2CCCN2Cc2ccc(-c3ccccc3C(=O)O)o2)n1. The van der Waals surface area contributed by atoms with Crippen molar-refractivity contribution in [2.24, 2.45) is 0 Å². The number of likely N-dealkylation sites (tertiary alicyclic amines) is 1. The summed E-state index contributed by atoms with van der Waals surface area (Å²) in [6.07, 6.45) is 3.86. The van der Waals surface area contributed by atoms with E-state index in [4.69, 9.17) is 4.42 Å². The highest BCUT2D eigenvalue weighted by Crippen LogP contribution is 2.33. The number of rotatable bonds is 6. The van der Waals surface area contributed by atoms with E-state index in [2.05, 4.69) is 20.2 Å². The van der Waals surface area contributed by atoms with Crippen LogP contribution in [-0.4, -0.2) is 39.5 Å². The Bertz CT molecular complexity index is 985. The third kappa shape index (κ3) is 3.61. The van der Waals surface area contributed by atoms with Crippen molar-refractivity contribution >= 4 is 11.8 Å². The molecule has 1 atom stereocenters. The number of nitrogens with zero attached hydrogens (tertiary/aromatic N) is 3. The van der Waals surface area contributed by atoms with Gasteiger partial charge in [0, 0.05) is 18.8 Å². The molecule has 0 amide bonds. The van der Waals surface area contributed by atoms with E-state index in [9.17, 15) is 9.90 Å². The zero-order chi connectivity index (χ0) is 19.5. The molecule has 1 saturated heterocycles. The van der Waals surface area contributed by atoms with Gasteiger partial charge in [-0.25, -0.2) is 14.8 Å². The number of carboxylic acids is 1. The number of anilines is 1. The Hall–Kier alpha value is -3.19. The van der Waals surface area contributed by atoms with Crippen molar-refractivity contribution in [2.75, 3.05) is 18.9 Å². The second-order valence-corrected chi connectivity index (χ2v) is 6.80. The molecule has 0 spiro atoms. The molecule has 3 aromatic rings. The van der Waals surface area contributed by atoms with Gasteiger partial charge < -0.3 is 14.8 Å². The van der Waals surface area contributed by atoms with Crippen molar-refractivity contribution in [1.29, 1.82) is 0 Å². The van der Waals surface area contributed by atoms with E-state index in [0.717, 1.165) is 36.8 Å². The van der Waals surface area contributed by atoms with Gasteiger partial charge >= 0.3 is 5.97 Å². The van der Waals surface area contributed by atoms with Gasteiger partial charge in [-0.15, -0.1) is 0 Å². The first-order chi connectivity index (χ1) is 13.7. The molecule has 1 unspecified atom stereocenters. The summed E-state index contributed by atoms with van der Waals surface area (Å²) in [4.78, 5) is 22.8. The molecule has 0 radical (unpaired) electrons. The number of carboxylic acid groups (broad SMARTS) is 1. The molecule has 0 bridgehead atoms. The highest BCUT2D eigenvalue weighted by atomic mass is 16.4. The van der Waals surface area contributed by atoms with Crippen LogP contribution >= 0.6 is 0 Å². The Kier molecular flexibility index (Phi) is 5.08. The number of nitrogens with one attached hydrogen (secondary N) is 1. The van der Waals surface area contributed by atoms with Crippen molar-refractivity contribution in [2.45, 2.75) is 25.4 Å². The monoisotopic (exact) mass is 378 g/mol. The minimum Gasteiger partial charge on any atom is -0.478 e. The Morgan fingerprint density at radius 1 is 1.29 bits per heavy atom. The second-order valence-electron chi connectivity index (χ2n) is 6.80. The highest BCUT2D eigenvalue weighted by molar-refractivity contribution is 5.95. The van der Waals surface area contributed by atoms with Crippen LogP contribution in [0.4, 0.5) is 5.82 Å². The first kappa shape index (κ1) is 18.2. The molecule has 1 aliphatic rings. The molecular formula is C21H22N4O3. The van der Waals surface area contributed by atoms with Crippen molar-refractivity contribution in [3.05, 3.63) is 65.8 Å². The van der Waals surface area contributed by atoms with E-state index in [1.54, 1.807) is 24.4 Å². The van der Waals surface area contributed by atoms with Crippen LogP contribution in [0.2, 0.25) is 0 Å². The number of hydrogen-bond acceptors (Lipinski definition) is 6. The fraction of sp³-hybridized carbons (Fsp3) is 0.286. The molecule has 3 heterocycles. The zero-order valence-corrected chi connectivity index (χ0v) is 15.6. The molecule has 7 heteroatoms. The summed E-state index contributed by atoms with van der Waals surface area (Å²) >= 11 is 0. The van der Waals surface area contributed by atoms with Gasteiger partial charge in [-0.2, -0.15) is 0 Å². The van der Waals surface area contributed by atoms with E-state index < -0.39 is 5.97 Å². The first-order valence-electron chi connectivity index (χ1n) is 9.32. The Balaban J connectivity index is 1.54. The summed E-state index contributed by atoms with van der Waals surface area (Å²) in [7, 11) is 1.85. The lowest BCUT2D eigenvalue weighted by Gasteiger charge is -2.22. The third-order valence-electron chi connectivity index (χ3n) is 5.04. The molecule has 1 aliphatic heterocycles. The molecule has 4 rings (SSSR count). The summed E-state index contributed by atoms with van der Waals surface area (Å²) in [6.45, 7) is 1.58. The second kappa shape index (κ2) is 7.82. The van der Waals surface area contributed by atoms with Crippen molar-refractivity contribution in [3.8, 4) is 11.3 Å². The minimum atomic E-state index is -0.963. The van der Waals surface area contributed by atoms with Crippen LogP contribution in [0.3, 0.4) is 0 Å². The molecular weight excluding hydrogens is 356 g/mol. The Morgan fingerprint density at radius 2 is 2.14 bits per heavy atom. The summed E-state index contributed by atoms with van der Waals surface area (Å²) in [5.74, 6) is 2.02. The molecule has 1 aromatic carbocycles. The molecule has 28 heavy (non-hydrogen) atoms. The van der Waals surface area contributed by atoms with Crippen molar-refractivity contribution in [1.82, 2.24) is 14.9 Å². The summed E-state index contributed by atoms with van der Waals surface area (Å²) in [6, 6.07) is 12.6. The number of benzene rings is 1. The number of aromatic nitrogens is 2. The predicted molar refractivity (Wildman–Crippen MR) is 105 cm³/mol. The third-order valence-corrected chi connectivity index (χ3v) is 5.04. The predicted octanol–water partition coefficient (Wildman–Crippen LogP) is 3.81.